The van der Waals surface area contributed by atoms with Crippen LogP contribution in [0.5, 0.6) is 0 Å². The van der Waals surface area contributed by atoms with Crippen molar-refractivity contribution in [3.63, 3.8) is 0 Å². The summed E-state index contributed by atoms with van der Waals surface area (Å²) in [7, 11) is -1.38. The van der Waals surface area contributed by atoms with Gasteiger partial charge in [0.1, 0.15) is 27.2 Å². The summed E-state index contributed by atoms with van der Waals surface area (Å²) in [6.07, 6.45) is 8.83. The minimum Gasteiger partial charge on any atom is -0.330 e. The zero-order chi connectivity index (χ0) is 22.2. The van der Waals surface area contributed by atoms with Crippen molar-refractivity contribution in [2.75, 3.05) is 0 Å². The lowest BCUT2D eigenvalue weighted by molar-refractivity contribution is 0.408. The monoisotopic (exact) mass is 433 g/mol. The van der Waals surface area contributed by atoms with Gasteiger partial charge in [0, 0.05) is 28.6 Å². The van der Waals surface area contributed by atoms with Crippen LogP contribution < -0.4 is 0 Å². The Morgan fingerprint density at radius 3 is 2.84 bits per heavy atom. The molecule has 4 nitrogen and oxygen atoms in total. The molecule has 4 rings (SSSR count). The van der Waals surface area contributed by atoms with Gasteiger partial charge in [-0.25, -0.2) is 8.60 Å². The molecule has 0 saturated heterocycles. The molecule has 158 valence electrons. The average Bonchev–Trinajstić information content (AvgIpc) is 3.16. The summed E-state index contributed by atoms with van der Waals surface area (Å²) in [6, 6.07) is 10.6. The van der Waals surface area contributed by atoms with Crippen molar-refractivity contribution < 1.29 is 8.60 Å². The number of para-hydroxylation sites is 1. The first kappa shape index (κ1) is 21.1. The summed E-state index contributed by atoms with van der Waals surface area (Å²) in [5, 5.41) is 1.42. The molecule has 0 fully saturated rings. The summed E-state index contributed by atoms with van der Waals surface area (Å²) >= 11 is 0. The second-order valence-corrected chi connectivity index (χ2v) is 9.45. The van der Waals surface area contributed by atoms with E-state index in [4.69, 9.17) is 4.99 Å². The van der Waals surface area contributed by atoms with Crippen LogP contribution in [0.4, 0.5) is 4.39 Å². The highest BCUT2D eigenvalue weighted by Crippen LogP contribution is 2.30. The molecule has 0 aliphatic carbocycles. The zero-order valence-corrected chi connectivity index (χ0v) is 18.6. The quantitative estimate of drug-likeness (QED) is 0.495. The highest BCUT2D eigenvalue weighted by atomic mass is 32.2. The maximum Gasteiger partial charge on any atom is 0.149 e. The second kappa shape index (κ2) is 8.19. The van der Waals surface area contributed by atoms with Crippen LogP contribution in [0, 0.1) is 5.82 Å². The average molecular weight is 434 g/mol. The molecule has 2 aromatic heterocycles. The van der Waals surface area contributed by atoms with Gasteiger partial charge < -0.3 is 4.57 Å². The fourth-order valence-electron chi connectivity index (χ4n) is 3.75. The van der Waals surface area contributed by atoms with E-state index in [0.29, 0.717) is 27.4 Å². The first-order valence-corrected chi connectivity index (χ1v) is 11.2. The molecule has 6 heteroatoms. The summed E-state index contributed by atoms with van der Waals surface area (Å²) < 4.78 is 29.4. The first-order valence-electron chi connectivity index (χ1n) is 10.1. The number of pyridine rings is 1. The van der Waals surface area contributed by atoms with E-state index in [0.717, 1.165) is 17.0 Å². The lowest BCUT2D eigenvalue weighted by Crippen LogP contribution is -2.34. The topological polar surface area (TPSA) is 47.2 Å². The van der Waals surface area contributed by atoms with E-state index in [1.165, 1.54) is 6.07 Å². The number of allylic oxidation sites excluding steroid dienone is 4. The third kappa shape index (κ3) is 3.95. The first-order chi connectivity index (χ1) is 14.8. The molecule has 0 N–H and O–H groups in total. The van der Waals surface area contributed by atoms with Crippen LogP contribution in [0.1, 0.15) is 32.0 Å². The van der Waals surface area contributed by atoms with Crippen molar-refractivity contribution in [3.8, 4) is 0 Å². The van der Waals surface area contributed by atoms with E-state index >= 15 is 0 Å². The summed E-state index contributed by atoms with van der Waals surface area (Å²) in [5.74, 6) is -0.346. The van der Waals surface area contributed by atoms with Crippen LogP contribution in [0.2, 0.25) is 0 Å². The van der Waals surface area contributed by atoms with Gasteiger partial charge in [-0.15, -0.1) is 0 Å². The minimum absolute atomic E-state index is 0.337. The SMILES string of the molecule is C=C/C(=C\C=C/C)S(=O)c1ccc2n1CC(C)(C)N=C2c1cnc2c(F)cccc2c1. The fraction of sp³-hybridized carbons (Fsp3) is 0.200. The molecule has 0 saturated carbocycles. The smallest absolute Gasteiger partial charge is 0.149 e. The number of aliphatic imine (C=N–C) groups is 1. The van der Waals surface area contributed by atoms with Crippen molar-refractivity contribution in [2.24, 2.45) is 4.99 Å². The number of aromatic nitrogens is 2. The third-order valence-corrected chi connectivity index (χ3v) is 6.60. The molecule has 1 unspecified atom stereocenters. The predicted octanol–water partition coefficient (Wildman–Crippen LogP) is 5.56. The number of rotatable bonds is 5. The lowest BCUT2D eigenvalue weighted by atomic mass is 9.99. The molecule has 1 aliphatic heterocycles. The molecule has 1 atom stereocenters. The van der Waals surface area contributed by atoms with Gasteiger partial charge in [-0.3, -0.25) is 9.98 Å². The third-order valence-electron chi connectivity index (χ3n) is 5.14. The number of hydrogen-bond donors (Lipinski definition) is 0. The molecule has 31 heavy (non-hydrogen) atoms. The van der Waals surface area contributed by atoms with Crippen molar-refractivity contribution >= 4 is 27.4 Å². The summed E-state index contributed by atoms with van der Waals surface area (Å²) in [5.41, 5.74) is 2.36. The maximum absolute atomic E-state index is 14.1. The highest BCUT2D eigenvalue weighted by Gasteiger charge is 2.30. The Hall–Kier alpha value is -3.12. The van der Waals surface area contributed by atoms with Crippen molar-refractivity contribution in [1.29, 1.82) is 0 Å². The van der Waals surface area contributed by atoms with E-state index in [-0.39, 0.29) is 5.82 Å². The molecule has 0 amide bonds. The molecule has 1 aliphatic rings. The van der Waals surface area contributed by atoms with Crippen LogP contribution in [-0.4, -0.2) is 25.0 Å². The van der Waals surface area contributed by atoms with Gasteiger partial charge in [0.2, 0.25) is 0 Å². The van der Waals surface area contributed by atoms with E-state index in [9.17, 15) is 8.60 Å². The second-order valence-electron chi connectivity index (χ2n) is 8.02. The number of fused-ring (bicyclic) bond motifs is 2. The Bertz CT molecular complexity index is 1300. The van der Waals surface area contributed by atoms with Crippen LogP contribution >= 0.6 is 0 Å². The molecular formula is C25H24FN3OS. The lowest BCUT2D eigenvalue weighted by Gasteiger charge is -2.30. The minimum atomic E-state index is -1.38. The maximum atomic E-state index is 14.1. The molecular weight excluding hydrogens is 409 g/mol. The normalized spacial score (nSPS) is 16.9. The van der Waals surface area contributed by atoms with E-state index in [1.807, 2.05) is 63.3 Å². The Kier molecular flexibility index (Phi) is 5.58. The largest absolute Gasteiger partial charge is 0.330 e. The van der Waals surface area contributed by atoms with Gasteiger partial charge in [0.15, 0.2) is 0 Å². The van der Waals surface area contributed by atoms with Gasteiger partial charge in [0.05, 0.1) is 16.9 Å². The highest BCUT2D eigenvalue weighted by molar-refractivity contribution is 7.89. The van der Waals surface area contributed by atoms with Gasteiger partial charge in [0.25, 0.3) is 0 Å². The zero-order valence-electron chi connectivity index (χ0n) is 17.8. The van der Waals surface area contributed by atoms with Crippen LogP contribution in [0.25, 0.3) is 10.9 Å². The molecule has 0 radical (unpaired) electrons. The molecule has 3 heterocycles. The Morgan fingerprint density at radius 2 is 2.10 bits per heavy atom. The van der Waals surface area contributed by atoms with Gasteiger partial charge >= 0.3 is 0 Å². The number of halogens is 1. The van der Waals surface area contributed by atoms with Gasteiger partial charge in [-0.05, 0) is 51.1 Å². The number of benzene rings is 1. The molecule has 0 spiro atoms. The van der Waals surface area contributed by atoms with Crippen LogP contribution in [0.15, 0.2) is 88.4 Å². The Balaban J connectivity index is 1.84. The van der Waals surface area contributed by atoms with E-state index < -0.39 is 16.3 Å². The van der Waals surface area contributed by atoms with Crippen molar-refractivity contribution in [1.82, 2.24) is 9.55 Å². The molecule has 3 aromatic rings. The van der Waals surface area contributed by atoms with Gasteiger partial charge in [-0.1, -0.05) is 36.9 Å². The van der Waals surface area contributed by atoms with Crippen LogP contribution in [-0.2, 0) is 17.3 Å². The Labute approximate surface area is 184 Å². The predicted molar refractivity (Wildman–Crippen MR) is 125 cm³/mol. The van der Waals surface area contributed by atoms with Crippen molar-refractivity contribution in [3.05, 3.63) is 95.5 Å². The van der Waals surface area contributed by atoms with Crippen LogP contribution in [0.3, 0.4) is 0 Å². The van der Waals surface area contributed by atoms with E-state index in [1.54, 1.807) is 18.3 Å². The van der Waals surface area contributed by atoms with E-state index in [2.05, 4.69) is 16.1 Å². The standard InChI is InChI=1S/C25H24FN3OS/c1-5-7-10-19(6-2)31(30)22-13-12-21-24(28-25(3,4)16-29(21)22)18-14-17-9-8-11-20(26)23(17)27-15-18/h5-15H,2,16H2,1,3-4H3/b7-5-,19-10+. The number of hydrogen-bond acceptors (Lipinski definition) is 3. The summed E-state index contributed by atoms with van der Waals surface area (Å²) in [4.78, 5) is 9.94. The fourth-order valence-corrected chi connectivity index (χ4v) is 4.90. The Morgan fingerprint density at radius 1 is 1.29 bits per heavy atom. The molecule has 0 bridgehead atoms. The molecule has 1 aromatic carbocycles. The number of nitrogens with zero attached hydrogens (tertiary/aromatic N) is 3. The summed E-state index contributed by atoms with van der Waals surface area (Å²) in [6.45, 7) is 10.4. The van der Waals surface area contributed by atoms with Crippen molar-refractivity contribution in [2.45, 2.75) is 37.9 Å². The van der Waals surface area contributed by atoms with Gasteiger partial charge in [-0.2, -0.15) is 0 Å².